The third-order valence-corrected chi connectivity index (χ3v) is 7.17. The number of ether oxygens (including phenoxy) is 1. The van der Waals surface area contributed by atoms with Crippen molar-refractivity contribution in [2.45, 2.75) is 52.6 Å². The number of alkyl halides is 3. The van der Waals surface area contributed by atoms with Crippen molar-refractivity contribution in [3.8, 4) is 11.1 Å². The van der Waals surface area contributed by atoms with Crippen molar-refractivity contribution in [1.29, 1.82) is 0 Å². The highest BCUT2D eigenvalue weighted by molar-refractivity contribution is 5.96. The van der Waals surface area contributed by atoms with Crippen molar-refractivity contribution in [3.05, 3.63) is 53.5 Å². The molecule has 3 aromatic rings. The van der Waals surface area contributed by atoms with Gasteiger partial charge in [0.1, 0.15) is 5.82 Å². The number of anilines is 1. The van der Waals surface area contributed by atoms with Crippen molar-refractivity contribution in [3.63, 3.8) is 0 Å². The summed E-state index contributed by atoms with van der Waals surface area (Å²) in [5.74, 6) is 0.402. The Hall–Kier alpha value is -3.11. The van der Waals surface area contributed by atoms with E-state index in [-0.39, 0.29) is 25.2 Å². The molecule has 0 saturated carbocycles. The van der Waals surface area contributed by atoms with E-state index in [9.17, 15) is 18.0 Å². The summed E-state index contributed by atoms with van der Waals surface area (Å²) >= 11 is 0. The minimum atomic E-state index is -3.03. The molecule has 0 spiro atoms. The molecule has 0 N–H and O–H groups in total. The molecule has 2 unspecified atom stereocenters. The zero-order valence-electron chi connectivity index (χ0n) is 22.8. The maximum absolute atomic E-state index is 13.9. The average Bonchev–Trinajstić information content (AvgIpc) is 3.30. The monoisotopic (exact) mass is 531 g/mol. The molecule has 4 heterocycles. The van der Waals surface area contributed by atoms with Crippen LogP contribution in [0, 0.1) is 6.92 Å². The van der Waals surface area contributed by atoms with E-state index in [1.165, 1.54) is 4.90 Å². The molecule has 0 radical (unpaired) electrons. The molecule has 2 atom stereocenters. The van der Waals surface area contributed by atoms with E-state index in [0.29, 0.717) is 18.7 Å². The normalized spacial score (nSPS) is 16.8. The first-order valence-electron chi connectivity index (χ1n) is 12.9. The summed E-state index contributed by atoms with van der Waals surface area (Å²) in [5.41, 5.74) is 4.86. The highest BCUT2D eigenvalue weighted by atomic mass is 19.3. The number of esters is 1. The predicted molar refractivity (Wildman–Crippen MR) is 143 cm³/mol. The van der Waals surface area contributed by atoms with Crippen molar-refractivity contribution >= 4 is 17.3 Å². The number of nitrogens with zero attached hydrogens (tertiary/aromatic N) is 5. The topological polar surface area (TPSA) is 53.3 Å². The van der Waals surface area contributed by atoms with Gasteiger partial charge in [0.15, 0.2) is 0 Å². The standard InChI is InChI=1S/C28H36F3N5O2/c1-17(2)38-28(37)22-16-23-20(21-8-7-10-32-27(21)33(5)6)9-11-36(23)24(18(22)3)19(4)34-12-14-35(15-13-34)26(31)25(29)30/h7-11,16-17,19,25-26H,12-15H2,1-6H3. The second-order valence-corrected chi connectivity index (χ2v) is 10.2. The van der Waals surface area contributed by atoms with Crippen LogP contribution in [0.5, 0.6) is 0 Å². The van der Waals surface area contributed by atoms with Gasteiger partial charge in [-0.15, -0.1) is 0 Å². The molecule has 7 nitrogen and oxygen atoms in total. The molecular weight excluding hydrogens is 495 g/mol. The average molecular weight is 532 g/mol. The van der Waals surface area contributed by atoms with E-state index in [1.807, 2.05) is 77.2 Å². The first kappa shape index (κ1) is 27.9. The maximum Gasteiger partial charge on any atom is 0.338 e. The summed E-state index contributed by atoms with van der Waals surface area (Å²) in [4.78, 5) is 23.0. The van der Waals surface area contributed by atoms with Crippen LogP contribution in [0.2, 0.25) is 0 Å². The molecule has 0 bridgehead atoms. The van der Waals surface area contributed by atoms with Gasteiger partial charge in [0.05, 0.1) is 17.2 Å². The van der Waals surface area contributed by atoms with Crippen LogP contribution in [0.4, 0.5) is 19.0 Å². The summed E-state index contributed by atoms with van der Waals surface area (Å²) in [6.07, 6.45) is -1.83. The van der Waals surface area contributed by atoms with Crippen molar-refractivity contribution < 1.29 is 22.7 Å². The van der Waals surface area contributed by atoms with Crippen LogP contribution in [0.3, 0.4) is 0 Å². The van der Waals surface area contributed by atoms with Crippen LogP contribution in [0.15, 0.2) is 36.7 Å². The van der Waals surface area contributed by atoms with Gasteiger partial charge in [0.2, 0.25) is 6.30 Å². The van der Waals surface area contributed by atoms with Crippen LogP contribution in [-0.2, 0) is 4.74 Å². The number of hydrogen-bond acceptors (Lipinski definition) is 6. The van der Waals surface area contributed by atoms with Gasteiger partial charge in [-0.05, 0) is 57.5 Å². The van der Waals surface area contributed by atoms with E-state index in [2.05, 4.69) is 14.3 Å². The molecule has 3 aromatic heterocycles. The Morgan fingerprint density at radius 2 is 1.68 bits per heavy atom. The SMILES string of the molecule is Cc1c(C(=O)OC(C)C)cc2c(-c3cccnc3N(C)C)ccn2c1C(C)N1CCN(C(F)C(F)F)CC1. The van der Waals surface area contributed by atoms with Gasteiger partial charge < -0.3 is 14.0 Å². The van der Waals surface area contributed by atoms with Crippen LogP contribution in [-0.4, -0.2) is 84.3 Å². The highest BCUT2D eigenvalue weighted by Crippen LogP contribution is 2.37. The second kappa shape index (κ2) is 11.3. The number of fused-ring (bicyclic) bond motifs is 1. The fraction of sp³-hybridized carbons (Fsp3) is 0.500. The van der Waals surface area contributed by atoms with E-state index in [1.54, 1.807) is 6.20 Å². The lowest BCUT2D eigenvalue weighted by molar-refractivity contribution is -0.0688. The molecule has 0 amide bonds. The Labute approximate surface area is 221 Å². The maximum atomic E-state index is 13.9. The van der Waals surface area contributed by atoms with Gasteiger partial charge in [-0.3, -0.25) is 9.80 Å². The number of hydrogen-bond donors (Lipinski definition) is 0. The number of carbonyl (C=O) groups excluding carboxylic acids is 1. The number of pyridine rings is 2. The molecule has 1 aliphatic rings. The molecule has 1 aliphatic heterocycles. The molecule has 10 heteroatoms. The predicted octanol–water partition coefficient (Wildman–Crippen LogP) is 5.18. The Bertz CT molecular complexity index is 1280. The summed E-state index contributed by atoms with van der Waals surface area (Å²) in [7, 11) is 3.87. The van der Waals surface area contributed by atoms with Crippen LogP contribution in [0.25, 0.3) is 16.6 Å². The zero-order chi connectivity index (χ0) is 27.7. The fourth-order valence-corrected chi connectivity index (χ4v) is 5.26. The largest absolute Gasteiger partial charge is 0.459 e. The second-order valence-electron chi connectivity index (χ2n) is 10.2. The first-order valence-corrected chi connectivity index (χ1v) is 12.9. The Morgan fingerprint density at radius 3 is 2.29 bits per heavy atom. The lowest BCUT2D eigenvalue weighted by atomic mass is 9.99. The quantitative estimate of drug-likeness (QED) is 0.295. The van der Waals surface area contributed by atoms with Crippen LogP contribution < -0.4 is 4.90 Å². The lowest BCUT2D eigenvalue weighted by Crippen LogP contribution is -2.51. The first-order chi connectivity index (χ1) is 18.0. The summed E-state index contributed by atoms with van der Waals surface area (Å²) in [6.45, 7) is 8.82. The van der Waals surface area contributed by atoms with Gasteiger partial charge in [0.25, 0.3) is 6.43 Å². The zero-order valence-corrected chi connectivity index (χ0v) is 22.8. The van der Waals surface area contributed by atoms with E-state index in [0.717, 1.165) is 33.7 Å². The van der Waals surface area contributed by atoms with E-state index in [4.69, 9.17) is 4.74 Å². The summed E-state index contributed by atoms with van der Waals surface area (Å²) in [6, 6.07) is 7.60. The van der Waals surface area contributed by atoms with Gasteiger partial charge in [0, 0.05) is 75.5 Å². The molecular formula is C28H36F3N5O2. The molecule has 0 aromatic carbocycles. The molecule has 0 aliphatic carbocycles. The minimum absolute atomic E-state index is 0.168. The summed E-state index contributed by atoms with van der Waals surface area (Å²) < 4.78 is 47.4. The Balaban J connectivity index is 1.81. The number of aromatic nitrogens is 2. The third kappa shape index (κ3) is 5.37. The Morgan fingerprint density at radius 1 is 1.03 bits per heavy atom. The Kier molecular flexibility index (Phi) is 8.32. The van der Waals surface area contributed by atoms with Crippen LogP contribution in [0.1, 0.15) is 48.4 Å². The van der Waals surface area contributed by atoms with Gasteiger partial charge in [-0.2, -0.15) is 0 Å². The molecule has 38 heavy (non-hydrogen) atoms. The molecule has 4 rings (SSSR count). The van der Waals surface area contributed by atoms with Crippen molar-refractivity contribution in [2.75, 3.05) is 45.2 Å². The minimum Gasteiger partial charge on any atom is -0.459 e. The smallest absolute Gasteiger partial charge is 0.338 e. The molecule has 1 fully saturated rings. The van der Waals surface area contributed by atoms with Crippen molar-refractivity contribution in [2.24, 2.45) is 0 Å². The van der Waals surface area contributed by atoms with E-state index >= 15 is 0 Å². The number of piperazine rings is 1. The van der Waals surface area contributed by atoms with Crippen molar-refractivity contribution in [1.82, 2.24) is 19.2 Å². The number of halogens is 3. The fourth-order valence-electron chi connectivity index (χ4n) is 5.26. The lowest BCUT2D eigenvalue weighted by Gasteiger charge is -2.39. The highest BCUT2D eigenvalue weighted by Gasteiger charge is 2.33. The van der Waals surface area contributed by atoms with Crippen LogP contribution >= 0.6 is 0 Å². The molecule has 1 saturated heterocycles. The number of carbonyl (C=O) groups is 1. The van der Waals surface area contributed by atoms with Gasteiger partial charge >= 0.3 is 5.97 Å². The van der Waals surface area contributed by atoms with Gasteiger partial charge in [-0.25, -0.2) is 22.9 Å². The number of rotatable bonds is 8. The summed E-state index contributed by atoms with van der Waals surface area (Å²) in [5, 5.41) is 0. The third-order valence-electron chi connectivity index (χ3n) is 7.17. The van der Waals surface area contributed by atoms with E-state index < -0.39 is 18.7 Å². The van der Waals surface area contributed by atoms with Gasteiger partial charge in [-0.1, -0.05) is 0 Å². The molecule has 206 valence electrons.